The second-order valence-electron chi connectivity index (χ2n) is 3.14. The fourth-order valence-corrected chi connectivity index (χ4v) is 2.07. The van der Waals surface area contributed by atoms with E-state index in [2.05, 4.69) is 10.6 Å². The number of carbonyl (C=O) groups is 1. The third-order valence-electron chi connectivity index (χ3n) is 2.14. The lowest BCUT2D eigenvalue weighted by atomic mass is 10.2. The zero-order valence-electron chi connectivity index (χ0n) is 7.25. The minimum atomic E-state index is 0.0590. The van der Waals surface area contributed by atoms with Gasteiger partial charge in [0.15, 0.2) is 0 Å². The first-order valence-electron chi connectivity index (χ1n) is 4.41. The molecular formula is C9H12N2OS. The first-order valence-corrected chi connectivity index (χ1v) is 5.29. The van der Waals surface area contributed by atoms with Gasteiger partial charge in [0.1, 0.15) is 0 Å². The van der Waals surface area contributed by atoms with E-state index in [0.717, 1.165) is 24.4 Å². The Balaban J connectivity index is 1.91. The van der Waals surface area contributed by atoms with Crippen LogP contribution in [0, 0.1) is 0 Å². The SMILES string of the molecule is O=C(N[C@H]1CCNC1)c1cccs1. The summed E-state index contributed by atoms with van der Waals surface area (Å²) in [5, 5.41) is 8.12. The van der Waals surface area contributed by atoms with Crippen LogP contribution < -0.4 is 10.6 Å². The Hall–Kier alpha value is -0.870. The van der Waals surface area contributed by atoms with Gasteiger partial charge in [0.2, 0.25) is 0 Å². The van der Waals surface area contributed by atoms with Crippen molar-refractivity contribution in [2.45, 2.75) is 12.5 Å². The summed E-state index contributed by atoms with van der Waals surface area (Å²) >= 11 is 1.48. The number of amides is 1. The lowest BCUT2D eigenvalue weighted by molar-refractivity contribution is 0.0944. The van der Waals surface area contributed by atoms with E-state index in [0.29, 0.717) is 6.04 Å². The molecule has 1 aliphatic rings. The molecule has 4 heteroatoms. The van der Waals surface area contributed by atoms with Crippen LogP contribution in [0.25, 0.3) is 0 Å². The highest BCUT2D eigenvalue weighted by Crippen LogP contribution is 2.09. The summed E-state index contributed by atoms with van der Waals surface area (Å²) in [7, 11) is 0. The first-order chi connectivity index (χ1) is 6.36. The van der Waals surface area contributed by atoms with Gasteiger partial charge in [-0.3, -0.25) is 4.79 Å². The van der Waals surface area contributed by atoms with Crippen LogP contribution in [0.3, 0.4) is 0 Å². The highest BCUT2D eigenvalue weighted by Gasteiger charge is 2.17. The van der Waals surface area contributed by atoms with Gasteiger partial charge in [0.05, 0.1) is 4.88 Å². The average molecular weight is 196 g/mol. The Morgan fingerprint density at radius 3 is 3.23 bits per heavy atom. The van der Waals surface area contributed by atoms with Crippen molar-refractivity contribution in [1.29, 1.82) is 0 Å². The molecule has 0 saturated carbocycles. The molecular weight excluding hydrogens is 184 g/mol. The molecule has 2 rings (SSSR count). The number of nitrogens with one attached hydrogen (secondary N) is 2. The van der Waals surface area contributed by atoms with Crippen LogP contribution in [0.15, 0.2) is 17.5 Å². The van der Waals surface area contributed by atoms with E-state index in [1.807, 2.05) is 17.5 Å². The number of hydrogen-bond acceptors (Lipinski definition) is 3. The first kappa shape index (κ1) is 8.72. The second kappa shape index (κ2) is 3.89. The maximum atomic E-state index is 11.5. The van der Waals surface area contributed by atoms with E-state index in [1.54, 1.807) is 0 Å². The topological polar surface area (TPSA) is 41.1 Å². The van der Waals surface area contributed by atoms with E-state index in [4.69, 9.17) is 0 Å². The molecule has 1 atom stereocenters. The molecule has 0 aliphatic carbocycles. The van der Waals surface area contributed by atoms with Gasteiger partial charge in [0, 0.05) is 12.6 Å². The Kier molecular flexibility index (Phi) is 2.61. The van der Waals surface area contributed by atoms with Gasteiger partial charge in [-0.15, -0.1) is 11.3 Å². The molecule has 2 heterocycles. The quantitative estimate of drug-likeness (QED) is 0.736. The fraction of sp³-hybridized carbons (Fsp3) is 0.444. The van der Waals surface area contributed by atoms with Crippen LogP contribution in [0.2, 0.25) is 0 Å². The Morgan fingerprint density at radius 1 is 1.69 bits per heavy atom. The van der Waals surface area contributed by atoms with Gasteiger partial charge in [-0.05, 0) is 24.4 Å². The van der Waals surface area contributed by atoms with Gasteiger partial charge in [-0.1, -0.05) is 6.07 Å². The highest BCUT2D eigenvalue weighted by molar-refractivity contribution is 7.12. The molecule has 0 bridgehead atoms. The van der Waals surface area contributed by atoms with Gasteiger partial charge in [0.25, 0.3) is 5.91 Å². The molecule has 1 aromatic rings. The van der Waals surface area contributed by atoms with E-state index in [-0.39, 0.29) is 5.91 Å². The van der Waals surface area contributed by atoms with Gasteiger partial charge in [-0.2, -0.15) is 0 Å². The lowest BCUT2D eigenvalue weighted by Gasteiger charge is -2.09. The van der Waals surface area contributed by atoms with Gasteiger partial charge >= 0.3 is 0 Å². The molecule has 0 radical (unpaired) electrons. The predicted octanol–water partition coefficient (Wildman–Crippen LogP) is 0.840. The third kappa shape index (κ3) is 2.08. The Morgan fingerprint density at radius 2 is 2.62 bits per heavy atom. The fourth-order valence-electron chi connectivity index (χ4n) is 1.44. The van der Waals surface area contributed by atoms with Crippen molar-refractivity contribution >= 4 is 17.2 Å². The molecule has 1 saturated heterocycles. The van der Waals surface area contributed by atoms with Crippen molar-refractivity contribution in [3.8, 4) is 0 Å². The Labute approximate surface area is 81.2 Å². The van der Waals surface area contributed by atoms with Crippen LogP contribution in [-0.4, -0.2) is 25.0 Å². The van der Waals surface area contributed by atoms with Crippen LogP contribution in [0.4, 0.5) is 0 Å². The van der Waals surface area contributed by atoms with Crippen molar-refractivity contribution in [2.24, 2.45) is 0 Å². The van der Waals surface area contributed by atoms with E-state index in [1.165, 1.54) is 11.3 Å². The zero-order chi connectivity index (χ0) is 9.10. The molecule has 1 fully saturated rings. The summed E-state index contributed by atoms with van der Waals surface area (Å²) in [5.74, 6) is 0.0590. The van der Waals surface area contributed by atoms with Gasteiger partial charge < -0.3 is 10.6 Å². The van der Waals surface area contributed by atoms with Crippen LogP contribution in [0.1, 0.15) is 16.1 Å². The highest BCUT2D eigenvalue weighted by atomic mass is 32.1. The summed E-state index contributed by atoms with van der Waals surface area (Å²) in [6, 6.07) is 4.06. The summed E-state index contributed by atoms with van der Waals surface area (Å²) in [4.78, 5) is 12.3. The number of thiophene rings is 1. The largest absolute Gasteiger partial charge is 0.347 e. The minimum absolute atomic E-state index is 0.0590. The van der Waals surface area contributed by atoms with Crippen molar-refractivity contribution in [2.75, 3.05) is 13.1 Å². The predicted molar refractivity (Wildman–Crippen MR) is 53.1 cm³/mol. The summed E-state index contributed by atoms with van der Waals surface area (Å²) in [6.07, 6.45) is 1.04. The maximum Gasteiger partial charge on any atom is 0.261 e. The molecule has 0 aromatic carbocycles. The average Bonchev–Trinajstić information content (AvgIpc) is 2.74. The Bertz CT molecular complexity index is 278. The zero-order valence-corrected chi connectivity index (χ0v) is 8.06. The molecule has 0 spiro atoms. The van der Waals surface area contributed by atoms with Gasteiger partial charge in [-0.25, -0.2) is 0 Å². The van der Waals surface area contributed by atoms with Crippen molar-refractivity contribution in [1.82, 2.24) is 10.6 Å². The van der Waals surface area contributed by atoms with E-state index >= 15 is 0 Å². The summed E-state index contributed by atoms with van der Waals surface area (Å²) < 4.78 is 0. The molecule has 1 aromatic heterocycles. The van der Waals surface area contributed by atoms with E-state index in [9.17, 15) is 4.79 Å². The number of rotatable bonds is 2. The molecule has 70 valence electrons. The maximum absolute atomic E-state index is 11.5. The summed E-state index contributed by atoms with van der Waals surface area (Å²) in [5.41, 5.74) is 0. The molecule has 3 nitrogen and oxygen atoms in total. The number of carbonyl (C=O) groups excluding carboxylic acids is 1. The van der Waals surface area contributed by atoms with Crippen LogP contribution >= 0.6 is 11.3 Å². The second-order valence-corrected chi connectivity index (χ2v) is 4.09. The molecule has 1 amide bonds. The molecule has 2 N–H and O–H groups in total. The van der Waals surface area contributed by atoms with Crippen molar-refractivity contribution in [3.63, 3.8) is 0 Å². The smallest absolute Gasteiger partial charge is 0.261 e. The van der Waals surface area contributed by atoms with Crippen LogP contribution in [0.5, 0.6) is 0 Å². The molecule has 1 aliphatic heterocycles. The normalized spacial score (nSPS) is 21.7. The number of hydrogen-bond donors (Lipinski definition) is 2. The monoisotopic (exact) mass is 196 g/mol. The van der Waals surface area contributed by atoms with E-state index < -0.39 is 0 Å². The van der Waals surface area contributed by atoms with Crippen LogP contribution in [-0.2, 0) is 0 Å². The van der Waals surface area contributed by atoms with Crippen molar-refractivity contribution < 1.29 is 4.79 Å². The van der Waals surface area contributed by atoms with Crippen molar-refractivity contribution in [3.05, 3.63) is 22.4 Å². The third-order valence-corrected chi connectivity index (χ3v) is 3.01. The standard InChI is InChI=1S/C9H12N2OS/c12-9(8-2-1-5-13-8)11-7-3-4-10-6-7/h1-2,5,7,10H,3-4,6H2,(H,11,12)/t7-/m0/s1. The minimum Gasteiger partial charge on any atom is -0.347 e. The lowest BCUT2D eigenvalue weighted by Crippen LogP contribution is -2.35. The molecule has 0 unspecified atom stereocenters. The summed E-state index contributed by atoms with van der Waals surface area (Å²) in [6.45, 7) is 1.91. The molecule has 13 heavy (non-hydrogen) atoms.